The van der Waals surface area contributed by atoms with Gasteiger partial charge in [0.1, 0.15) is 6.54 Å². The lowest BCUT2D eigenvalue weighted by atomic mass is 10.2. The van der Waals surface area contributed by atoms with Gasteiger partial charge in [0, 0.05) is 17.3 Å². The Morgan fingerprint density at radius 3 is 2.54 bits per heavy atom. The van der Waals surface area contributed by atoms with Crippen molar-refractivity contribution in [2.24, 2.45) is 0 Å². The van der Waals surface area contributed by atoms with Crippen LogP contribution < -0.4 is 9.62 Å². The zero-order valence-corrected chi connectivity index (χ0v) is 18.4. The lowest BCUT2D eigenvalue weighted by Gasteiger charge is -2.22. The van der Waals surface area contributed by atoms with Crippen molar-refractivity contribution >= 4 is 45.0 Å². The molecule has 0 radical (unpaired) electrons. The van der Waals surface area contributed by atoms with Crippen molar-refractivity contribution in [3.05, 3.63) is 64.7 Å². The molecule has 1 N–H and O–H groups in total. The maximum atomic E-state index is 12.2. The highest BCUT2D eigenvalue weighted by Gasteiger charge is 2.20. The first-order chi connectivity index (χ1) is 13.3. The summed E-state index contributed by atoms with van der Waals surface area (Å²) < 4.78 is 25.2. The molecule has 0 bridgehead atoms. The molecule has 0 aliphatic carbocycles. The Morgan fingerprint density at radius 1 is 1.18 bits per heavy atom. The largest absolute Gasteiger partial charge is 0.354 e. The minimum atomic E-state index is -3.54. The minimum absolute atomic E-state index is 0.225. The van der Waals surface area contributed by atoms with Crippen LogP contribution in [0.25, 0.3) is 0 Å². The maximum absolute atomic E-state index is 12.2. The van der Waals surface area contributed by atoms with Gasteiger partial charge in [-0.3, -0.25) is 9.10 Å². The van der Waals surface area contributed by atoms with E-state index in [4.69, 9.17) is 11.6 Å². The molecule has 0 atom stereocenters. The number of sulfonamides is 1. The number of amides is 1. The Balaban J connectivity index is 1.74. The summed E-state index contributed by atoms with van der Waals surface area (Å²) in [6.07, 6.45) is 1.91. The molecule has 0 heterocycles. The van der Waals surface area contributed by atoms with Gasteiger partial charge in [-0.1, -0.05) is 41.4 Å². The zero-order chi connectivity index (χ0) is 20.6. The fraction of sp³-hybridized carbons (Fsp3) is 0.350. The SMILES string of the molecule is Cc1ccc(N(CC(=O)NCCCSCc2cccc(Cl)c2)S(C)(=O)=O)cc1. The topological polar surface area (TPSA) is 66.5 Å². The highest BCUT2D eigenvalue weighted by Crippen LogP contribution is 2.18. The average Bonchev–Trinajstić information content (AvgIpc) is 2.63. The van der Waals surface area contributed by atoms with Crippen LogP contribution in [0.5, 0.6) is 0 Å². The Kier molecular flexibility index (Phi) is 8.66. The van der Waals surface area contributed by atoms with Crippen LogP contribution in [0.15, 0.2) is 48.5 Å². The molecule has 0 unspecified atom stereocenters. The molecular weight excluding hydrogens is 416 g/mol. The third kappa shape index (κ3) is 7.73. The van der Waals surface area contributed by atoms with Crippen molar-refractivity contribution in [3.63, 3.8) is 0 Å². The predicted octanol–water partition coefficient (Wildman–Crippen LogP) is 3.85. The first-order valence-electron chi connectivity index (χ1n) is 8.89. The second-order valence-electron chi connectivity index (χ2n) is 6.49. The third-order valence-electron chi connectivity index (χ3n) is 3.95. The fourth-order valence-electron chi connectivity index (χ4n) is 2.52. The molecule has 152 valence electrons. The van der Waals surface area contributed by atoms with Crippen molar-refractivity contribution in [2.75, 3.05) is 29.4 Å². The fourth-order valence-corrected chi connectivity index (χ4v) is 4.49. The Hall–Kier alpha value is -1.70. The first-order valence-corrected chi connectivity index (χ1v) is 12.3. The molecule has 0 aromatic heterocycles. The summed E-state index contributed by atoms with van der Waals surface area (Å²) in [6, 6.07) is 14.8. The standard InChI is InChI=1S/C20H25ClN2O3S2/c1-16-7-9-19(10-8-16)23(28(2,25)26)14-20(24)22-11-4-12-27-15-17-5-3-6-18(21)13-17/h3,5-10,13H,4,11-12,14-15H2,1-2H3,(H,22,24). The number of benzene rings is 2. The number of halogens is 1. The number of aryl methyl sites for hydroxylation is 1. The normalized spacial score (nSPS) is 11.2. The van der Waals surface area contributed by atoms with Crippen molar-refractivity contribution in [1.29, 1.82) is 0 Å². The molecule has 28 heavy (non-hydrogen) atoms. The van der Waals surface area contributed by atoms with Crippen LogP contribution >= 0.6 is 23.4 Å². The van der Waals surface area contributed by atoms with Gasteiger partial charge in [-0.25, -0.2) is 8.42 Å². The van der Waals surface area contributed by atoms with Crippen molar-refractivity contribution in [2.45, 2.75) is 19.1 Å². The molecule has 0 saturated carbocycles. The van der Waals surface area contributed by atoms with E-state index < -0.39 is 10.0 Å². The summed E-state index contributed by atoms with van der Waals surface area (Å²) in [4.78, 5) is 12.2. The summed E-state index contributed by atoms with van der Waals surface area (Å²) in [6.45, 7) is 2.20. The molecule has 0 aliphatic heterocycles. The van der Waals surface area contributed by atoms with Gasteiger partial charge in [-0.15, -0.1) is 0 Å². The second kappa shape index (κ2) is 10.7. The van der Waals surface area contributed by atoms with E-state index in [0.29, 0.717) is 12.2 Å². The number of anilines is 1. The summed E-state index contributed by atoms with van der Waals surface area (Å²) >= 11 is 7.73. The van der Waals surface area contributed by atoms with Crippen LogP contribution in [0.4, 0.5) is 5.69 Å². The number of nitrogens with one attached hydrogen (secondary N) is 1. The van der Waals surface area contributed by atoms with Gasteiger partial charge in [0.25, 0.3) is 0 Å². The third-order valence-corrected chi connectivity index (χ3v) is 6.45. The van der Waals surface area contributed by atoms with E-state index in [1.807, 2.05) is 43.3 Å². The molecule has 8 heteroatoms. The lowest BCUT2D eigenvalue weighted by Crippen LogP contribution is -2.40. The van der Waals surface area contributed by atoms with E-state index in [2.05, 4.69) is 5.32 Å². The quantitative estimate of drug-likeness (QED) is 0.570. The summed E-state index contributed by atoms with van der Waals surface area (Å²) in [5, 5.41) is 3.53. The molecule has 0 spiro atoms. The lowest BCUT2D eigenvalue weighted by molar-refractivity contribution is -0.119. The predicted molar refractivity (Wildman–Crippen MR) is 119 cm³/mol. The van der Waals surface area contributed by atoms with Crippen molar-refractivity contribution in [3.8, 4) is 0 Å². The van der Waals surface area contributed by atoms with E-state index >= 15 is 0 Å². The van der Waals surface area contributed by atoms with Crippen LogP contribution in [-0.2, 0) is 20.6 Å². The second-order valence-corrected chi connectivity index (χ2v) is 9.94. The molecule has 0 aliphatic rings. The van der Waals surface area contributed by atoms with E-state index in [0.717, 1.165) is 39.1 Å². The minimum Gasteiger partial charge on any atom is -0.354 e. The number of hydrogen-bond acceptors (Lipinski definition) is 4. The number of carbonyl (C=O) groups is 1. The number of hydrogen-bond donors (Lipinski definition) is 1. The van der Waals surface area contributed by atoms with Gasteiger partial charge < -0.3 is 5.32 Å². The van der Waals surface area contributed by atoms with Gasteiger partial charge in [-0.05, 0) is 48.9 Å². The monoisotopic (exact) mass is 440 g/mol. The molecule has 1 amide bonds. The smallest absolute Gasteiger partial charge is 0.240 e. The zero-order valence-electron chi connectivity index (χ0n) is 16.0. The van der Waals surface area contributed by atoms with E-state index in [9.17, 15) is 13.2 Å². The van der Waals surface area contributed by atoms with Crippen molar-refractivity contribution in [1.82, 2.24) is 5.32 Å². The highest BCUT2D eigenvalue weighted by atomic mass is 35.5. The number of rotatable bonds is 10. The van der Waals surface area contributed by atoms with Crippen LogP contribution in [0.3, 0.4) is 0 Å². The molecule has 0 fully saturated rings. The number of carbonyl (C=O) groups excluding carboxylic acids is 1. The molecule has 2 rings (SSSR count). The molecule has 5 nitrogen and oxygen atoms in total. The molecule has 2 aromatic rings. The molecule has 0 saturated heterocycles. The first kappa shape index (κ1) is 22.6. The number of thioether (sulfide) groups is 1. The summed E-state index contributed by atoms with van der Waals surface area (Å²) in [5.41, 5.74) is 2.68. The summed E-state index contributed by atoms with van der Waals surface area (Å²) in [5.74, 6) is 1.44. The van der Waals surface area contributed by atoms with E-state index in [1.165, 1.54) is 5.56 Å². The highest BCUT2D eigenvalue weighted by molar-refractivity contribution is 7.98. The summed E-state index contributed by atoms with van der Waals surface area (Å²) in [7, 11) is -3.54. The van der Waals surface area contributed by atoms with Crippen molar-refractivity contribution < 1.29 is 13.2 Å². The van der Waals surface area contributed by atoms with E-state index in [1.54, 1.807) is 23.9 Å². The van der Waals surface area contributed by atoms with Crippen LogP contribution in [0.1, 0.15) is 17.5 Å². The van der Waals surface area contributed by atoms with Crippen LogP contribution in [-0.4, -0.2) is 39.4 Å². The maximum Gasteiger partial charge on any atom is 0.240 e. The average molecular weight is 441 g/mol. The Morgan fingerprint density at radius 2 is 1.89 bits per heavy atom. The van der Waals surface area contributed by atoms with Gasteiger partial charge in [0.2, 0.25) is 15.9 Å². The Labute approximate surface area is 176 Å². The molecule has 2 aromatic carbocycles. The van der Waals surface area contributed by atoms with Gasteiger partial charge in [-0.2, -0.15) is 11.8 Å². The van der Waals surface area contributed by atoms with Crippen LogP contribution in [0.2, 0.25) is 5.02 Å². The van der Waals surface area contributed by atoms with E-state index in [-0.39, 0.29) is 12.5 Å². The van der Waals surface area contributed by atoms with Gasteiger partial charge >= 0.3 is 0 Å². The van der Waals surface area contributed by atoms with Gasteiger partial charge in [0.05, 0.1) is 11.9 Å². The van der Waals surface area contributed by atoms with Gasteiger partial charge in [0.15, 0.2) is 0 Å². The van der Waals surface area contributed by atoms with Crippen LogP contribution in [0, 0.1) is 6.92 Å². The Bertz CT molecular complexity index is 887. The number of nitrogens with zero attached hydrogens (tertiary/aromatic N) is 1. The molecular formula is C20H25ClN2O3S2.